The van der Waals surface area contributed by atoms with Crippen LogP contribution in [0.5, 0.6) is 11.5 Å². The molecule has 11 heteroatoms. The third kappa shape index (κ3) is 8.98. The second-order valence-electron chi connectivity index (χ2n) is 10.6. The molecule has 0 fully saturated rings. The van der Waals surface area contributed by atoms with Gasteiger partial charge in [-0.15, -0.1) is 0 Å². The summed E-state index contributed by atoms with van der Waals surface area (Å²) in [5.74, 6) is 1.53. The number of benzene rings is 3. The monoisotopic (exact) mass is 630 g/mol. The van der Waals surface area contributed by atoms with Crippen LogP contribution in [0.1, 0.15) is 38.0 Å². The molecule has 0 heterocycles. The summed E-state index contributed by atoms with van der Waals surface area (Å²) in [7, 11) is -2.12. The van der Waals surface area contributed by atoms with Crippen molar-refractivity contribution in [2.24, 2.45) is 5.92 Å². The van der Waals surface area contributed by atoms with Gasteiger partial charge in [-0.25, -0.2) is 0 Å². The fraction of sp³-hybridized carbons (Fsp3) is 0.379. The minimum absolute atomic E-state index is 0.102. The number of nitrogens with one attached hydrogen (secondary N) is 1. The first-order valence-electron chi connectivity index (χ1n) is 12.9. The summed E-state index contributed by atoms with van der Waals surface area (Å²) < 4.78 is 50.5. The van der Waals surface area contributed by atoms with E-state index in [-0.39, 0.29) is 22.8 Å². The van der Waals surface area contributed by atoms with E-state index in [9.17, 15) is 13.2 Å². The van der Waals surface area contributed by atoms with Crippen LogP contribution < -0.4 is 15.8 Å². The van der Waals surface area contributed by atoms with E-state index < -0.39 is 13.8 Å². The Bertz CT molecular complexity index is 1280. The highest BCUT2D eigenvalue weighted by atomic mass is 35.5. The first kappa shape index (κ1) is 32.5. The molecule has 3 aromatic carbocycles. The number of nitrogens with two attached hydrogens (primary N) is 1. The van der Waals surface area contributed by atoms with Crippen molar-refractivity contribution in [2.75, 3.05) is 17.6 Å². The standard InChI is InChI=1S/C29H35Cl2F3N2O2SSi/c1-17(2)19(4)40(5,6)38-27(20-14-24(30)28(35)25(31)15-20)16-36-21-7-12-26(18(3)13-21)37-22-8-10-23(11-9-22)39-29(32,33)34/h7-15,17,19,27,36H,16,35H2,1-6H3. The Labute approximate surface area is 249 Å². The van der Waals surface area contributed by atoms with Gasteiger partial charge in [-0.2, -0.15) is 13.2 Å². The maximum Gasteiger partial charge on any atom is 0.446 e. The highest BCUT2D eigenvalue weighted by molar-refractivity contribution is 8.00. The summed E-state index contributed by atoms with van der Waals surface area (Å²) in [6.07, 6.45) is -0.317. The first-order chi connectivity index (χ1) is 18.6. The Balaban J connectivity index is 1.76. The molecule has 0 aliphatic rings. The fourth-order valence-corrected chi connectivity index (χ4v) is 8.03. The van der Waals surface area contributed by atoms with Gasteiger partial charge < -0.3 is 20.2 Å². The number of anilines is 2. The summed E-state index contributed by atoms with van der Waals surface area (Å²) in [5, 5.41) is 4.23. The zero-order valence-corrected chi connectivity index (χ0v) is 26.7. The van der Waals surface area contributed by atoms with Crippen LogP contribution in [0.15, 0.2) is 59.5 Å². The molecule has 0 saturated carbocycles. The van der Waals surface area contributed by atoms with Gasteiger partial charge in [0.05, 0.1) is 21.8 Å². The van der Waals surface area contributed by atoms with Gasteiger partial charge in [0.2, 0.25) is 0 Å². The second kappa shape index (κ2) is 13.3. The smallest absolute Gasteiger partial charge is 0.446 e. The molecule has 4 nitrogen and oxygen atoms in total. The van der Waals surface area contributed by atoms with Gasteiger partial charge in [0.25, 0.3) is 0 Å². The normalized spacial score (nSPS) is 13.8. The molecule has 40 heavy (non-hydrogen) atoms. The van der Waals surface area contributed by atoms with Crippen molar-refractivity contribution in [1.82, 2.24) is 0 Å². The molecule has 3 aromatic rings. The van der Waals surface area contributed by atoms with E-state index in [1.807, 2.05) is 25.1 Å². The summed E-state index contributed by atoms with van der Waals surface area (Å²) in [6.45, 7) is 13.4. The fourth-order valence-electron chi connectivity index (χ4n) is 4.21. The van der Waals surface area contributed by atoms with Gasteiger partial charge in [0, 0.05) is 17.1 Å². The molecule has 218 valence electrons. The number of halogens is 5. The van der Waals surface area contributed by atoms with E-state index in [0.717, 1.165) is 16.8 Å². The quantitative estimate of drug-likeness (QED) is 0.125. The summed E-state index contributed by atoms with van der Waals surface area (Å²) in [4.78, 5) is 0.102. The zero-order chi connectivity index (χ0) is 29.8. The number of thioether (sulfide) groups is 1. The molecule has 3 N–H and O–H groups in total. The Kier molecular flexibility index (Phi) is 10.8. The number of hydrogen-bond donors (Lipinski definition) is 2. The maximum atomic E-state index is 12.6. The van der Waals surface area contributed by atoms with Crippen LogP contribution in [0, 0.1) is 12.8 Å². The van der Waals surface area contributed by atoms with E-state index >= 15 is 0 Å². The molecule has 2 atom stereocenters. The molecule has 0 aromatic heterocycles. The van der Waals surface area contributed by atoms with Crippen molar-refractivity contribution in [3.8, 4) is 11.5 Å². The molecule has 0 amide bonds. The molecule has 0 saturated heterocycles. The molecular weight excluding hydrogens is 596 g/mol. The zero-order valence-electron chi connectivity index (χ0n) is 23.3. The van der Waals surface area contributed by atoms with Gasteiger partial charge >= 0.3 is 5.51 Å². The largest absolute Gasteiger partial charge is 0.457 e. The van der Waals surface area contributed by atoms with E-state index in [0.29, 0.717) is 45.2 Å². The molecule has 2 unspecified atom stereocenters. The SMILES string of the molecule is Cc1cc(NCC(O[Si](C)(C)C(C)C(C)C)c2cc(Cl)c(N)c(Cl)c2)ccc1Oc1ccc(SC(F)(F)F)cc1. The number of rotatable bonds is 11. The van der Waals surface area contributed by atoms with E-state index in [1.54, 1.807) is 12.1 Å². The Morgan fingerprint density at radius 1 is 0.975 bits per heavy atom. The lowest BCUT2D eigenvalue weighted by Gasteiger charge is -2.36. The van der Waals surface area contributed by atoms with Crippen molar-refractivity contribution in [3.63, 3.8) is 0 Å². The van der Waals surface area contributed by atoms with Crippen molar-refractivity contribution in [1.29, 1.82) is 0 Å². The van der Waals surface area contributed by atoms with Crippen LogP contribution in [-0.4, -0.2) is 20.4 Å². The van der Waals surface area contributed by atoms with Crippen LogP contribution >= 0.6 is 35.0 Å². The van der Waals surface area contributed by atoms with Gasteiger partial charge in [-0.3, -0.25) is 0 Å². The number of nitrogen functional groups attached to an aromatic ring is 1. The van der Waals surface area contributed by atoms with Gasteiger partial charge in [0.15, 0.2) is 8.32 Å². The van der Waals surface area contributed by atoms with E-state index in [2.05, 4.69) is 39.2 Å². The number of aryl methyl sites for hydroxylation is 1. The van der Waals surface area contributed by atoms with E-state index in [1.165, 1.54) is 24.3 Å². The Hall–Kier alpha value is -2.04. The minimum atomic E-state index is -4.33. The van der Waals surface area contributed by atoms with Crippen molar-refractivity contribution in [3.05, 3.63) is 75.8 Å². The average molecular weight is 632 g/mol. The van der Waals surface area contributed by atoms with Crippen molar-refractivity contribution >= 4 is 54.7 Å². The molecule has 0 radical (unpaired) electrons. The summed E-state index contributed by atoms with van der Waals surface area (Å²) >= 11 is 12.6. The van der Waals surface area contributed by atoms with Gasteiger partial charge in [-0.1, -0.05) is 44.0 Å². The van der Waals surface area contributed by atoms with Crippen LogP contribution in [0.2, 0.25) is 28.7 Å². The summed E-state index contributed by atoms with van der Waals surface area (Å²) in [5.41, 5.74) is 4.96. The molecular formula is C29H35Cl2F3N2O2SSi. The number of alkyl halides is 3. The molecule has 0 aliphatic carbocycles. The van der Waals surface area contributed by atoms with Crippen molar-refractivity contribution < 1.29 is 22.3 Å². The number of hydrogen-bond acceptors (Lipinski definition) is 5. The van der Waals surface area contributed by atoms with Gasteiger partial charge in [-0.05, 0) is 109 Å². The predicted molar refractivity (Wildman–Crippen MR) is 165 cm³/mol. The lowest BCUT2D eigenvalue weighted by atomic mass is 10.1. The lowest BCUT2D eigenvalue weighted by Crippen LogP contribution is -2.40. The minimum Gasteiger partial charge on any atom is -0.457 e. The molecule has 0 aliphatic heterocycles. The van der Waals surface area contributed by atoms with Crippen LogP contribution in [0.25, 0.3) is 0 Å². The van der Waals surface area contributed by atoms with Crippen LogP contribution in [-0.2, 0) is 4.43 Å². The second-order valence-corrected chi connectivity index (χ2v) is 16.9. The average Bonchev–Trinajstić information content (AvgIpc) is 2.85. The Morgan fingerprint density at radius 2 is 1.57 bits per heavy atom. The van der Waals surface area contributed by atoms with Gasteiger partial charge in [0.1, 0.15) is 11.5 Å². The predicted octanol–water partition coefficient (Wildman–Crippen LogP) is 10.7. The maximum absolute atomic E-state index is 12.6. The number of ether oxygens (including phenoxy) is 1. The van der Waals surface area contributed by atoms with E-state index in [4.69, 9.17) is 38.1 Å². The van der Waals surface area contributed by atoms with Crippen molar-refractivity contribution in [2.45, 2.75) is 62.8 Å². The molecule has 0 bridgehead atoms. The third-order valence-electron chi connectivity index (χ3n) is 6.97. The highest BCUT2D eigenvalue weighted by Gasteiger charge is 2.35. The topological polar surface area (TPSA) is 56.5 Å². The van der Waals surface area contributed by atoms with Crippen LogP contribution in [0.4, 0.5) is 24.5 Å². The lowest BCUT2D eigenvalue weighted by molar-refractivity contribution is -0.0328. The molecule has 0 spiro atoms. The summed E-state index contributed by atoms with van der Waals surface area (Å²) in [6, 6.07) is 15.1. The first-order valence-corrected chi connectivity index (χ1v) is 17.4. The van der Waals surface area contributed by atoms with Crippen LogP contribution in [0.3, 0.4) is 0 Å². The Morgan fingerprint density at radius 3 is 2.10 bits per heavy atom. The molecule has 3 rings (SSSR count). The third-order valence-corrected chi connectivity index (χ3v) is 12.1. The highest BCUT2D eigenvalue weighted by Crippen LogP contribution is 2.39.